The van der Waals surface area contributed by atoms with E-state index < -0.39 is 97.5 Å². The summed E-state index contributed by atoms with van der Waals surface area (Å²) in [5.74, 6) is 0.115. The molecule has 0 aliphatic rings. The molecule has 19 heteroatoms. The molecule has 572 valence electrons. The summed E-state index contributed by atoms with van der Waals surface area (Å²) in [6.07, 6.45) is 57.9. The maximum absolute atomic E-state index is 13.1. The third-order valence-corrected chi connectivity index (χ3v) is 19.8. The molecular formula is C78H148O17P2. The number of rotatable bonds is 74. The average molecular weight is 1420 g/mol. The van der Waals surface area contributed by atoms with Gasteiger partial charge in [0.2, 0.25) is 0 Å². The Labute approximate surface area is 592 Å². The maximum atomic E-state index is 13.1. The van der Waals surface area contributed by atoms with Gasteiger partial charge < -0.3 is 33.8 Å². The second-order valence-electron chi connectivity index (χ2n) is 28.6. The van der Waals surface area contributed by atoms with Crippen LogP contribution in [-0.2, 0) is 65.4 Å². The Bertz CT molecular complexity index is 1980. The van der Waals surface area contributed by atoms with Gasteiger partial charge in [-0.25, -0.2) is 9.13 Å². The van der Waals surface area contributed by atoms with Gasteiger partial charge in [-0.15, -0.1) is 0 Å². The highest BCUT2D eigenvalue weighted by molar-refractivity contribution is 7.47. The van der Waals surface area contributed by atoms with Gasteiger partial charge in [-0.05, 0) is 69.1 Å². The molecule has 0 aliphatic heterocycles. The lowest BCUT2D eigenvalue weighted by Crippen LogP contribution is -2.30. The molecule has 0 rings (SSSR count). The fourth-order valence-electron chi connectivity index (χ4n) is 11.4. The SMILES string of the molecule is CCCCCC/C=C\C=C/CCCCCCCC(=O)OC[C@H](COP(=O)(O)OC[C@@H](O)COP(=O)(O)OC[C@@H](COC(=O)CCCCCCCCC(C)CC)OC(=O)CCCCCCCCCCC(C)C)OC(=O)CCCCCCCCCCCCCCCCCCCCC(C)C. The lowest BCUT2D eigenvalue weighted by atomic mass is 10.00. The molecule has 0 aromatic heterocycles. The number of unbranched alkanes of at least 4 members (excludes halogenated alkanes) is 38. The average Bonchev–Trinajstić information content (AvgIpc) is 1.29. The van der Waals surface area contributed by atoms with Gasteiger partial charge in [-0.2, -0.15) is 0 Å². The second kappa shape index (κ2) is 68.0. The van der Waals surface area contributed by atoms with Crippen LogP contribution in [0, 0.1) is 17.8 Å². The highest BCUT2D eigenvalue weighted by Crippen LogP contribution is 2.45. The molecule has 6 atom stereocenters. The van der Waals surface area contributed by atoms with Gasteiger partial charge in [0.05, 0.1) is 26.4 Å². The number of esters is 4. The highest BCUT2D eigenvalue weighted by atomic mass is 31.2. The Balaban J connectivity index is 5.25. The number of carbonyl (C=O) groups is 4. The van der Waals surface area contributed by atoms with Gasteiger partial charge in [0, 0.05) is 25.7 Å². The predicted molar refractivity (Wildman–Crippen MR) is 395 cm³/mol. The van der Waals surface area contributed by atoms with E-state index in [0.717, 1.165) is 127 Å². The van der Waals surface area contributed by atoms with Crippen molar-refractivity contribution in [2.45, 2.75) is 394 Å². The largest absolute Gasteiger partial charge is 0.472 e. The molecule has 3 N–H and O–H groups in total. The standard InChI is InChI=1S/C78H148O17P2/c1-8-10-11-12-13-14-15-16-21-25-28-31-37-45-52-59-75(80)88-65-73(94-77(82)61-54-47-38-32-29-26-23-20-18-17-19-22-24-27-30-35-42-49-56-69(3)4)67-92-96(84,85)90-63-72(79)64-91-97(86,87)93-68-74(66-89-76(81)60-53-46-41-40-44-51-58-71(7)9-2)95-78(83)62-55-48-39-34-33-36-43-50-57-70(5)6/h14-16,21,69-74,79H,8-13,17-20,22-68H2,1-7H3,(H,84,85)(H,86,87)/b15-14-,21-16-/t71?,72-,73-,74-/m1/s1. The van der Waals surface area contributed by atoms with Crippen LogP contribution >= 0.6 is 15.6 Å². The summed E-state index contributed by atoms with van der Waals surface area (Å²) >= 11 is 0. The van der Waals surface area contributed by atoms with E-state index in [2.05, 4.69) is 72.8 Å². The van der Waals surface area contributed by atoms with Crippen molar-refractivity contribution in [2.24, 2.45) is 17.8 Å². The summed E-state index contributed by atoms with van der Waals surface area (Å²) in [4.78, 5) is 72.8. The Hall–Kier alpha value is -2.46. The molecule has 3 unspecified atom stereocenters. The fourth-order valence-corrected chi connectivity index (χ4v) is 13.0. The normalized spacial score (nSPS) is 14.5. The molecule has 97 heavy (non-hydrogen) atoms. The number of phosphoric acid groups is 2. The van der Waals surface area contributed by atoms with E-state index in [4.69, 9.17) is 37.0 Å². The zero-order valence-electron chi connectivity index (χ0n) is 63.0. The molecule has 0 heterocycles. The minimum Gasteiger partial charge on any atom is -0.462 e. The van der Waals surface area contributed by atoms with Crippen molar-refractivity contribution in [1.82, 2.24) is 0 Å². The number of allylic oxidation sites excluding steroid dienone is 4. The fraction of sp³-hybridized carbons (Fsp3) is 0.897. The van der Waals surface area contributed by atoms with Crippen molar-refractivity contribution in [3.05, 3.63) is 24.3 Å². The number of phosphoric ester groups is 2. The van der Waals surface area contributed by atoms with Gasteiger partial charge in [0.15, 0.2) is 12.2 Å². The summed E-state index contributed by atoms with van der Waals surface area (Å²) in [6.45, 7) is 11.8. The van der Waals surface area contributed by atoms with Crippen LogP contribution in [0.2, 0.25) is 0 Å². The molecule has 0 bridgehead atoms. The van der Waals surface area contributed by atoms with Crippen LogP contribution in [0.1, 0.15) is 376 Å². The van der Waals surface area contributed by atoms with Crippen molar-refractivity contribution < 1.29 is 80.2 Å². The second-order valence-corrected chi connectivity index (χ2v) is 31.5. The first-order chi connectivity index (χ1) is 46.8. The van der Waals surface area contributed by atoms with Gasteiger partial charge >= 0.3 is 39.5 Å². The first-order valence-corrected chi connectivity index (χ1v) is 42.7. The third-order valence-electron chi connectivity index (χ3n) is 17.9. The Morgan fingerprint density at radius 3 is 0.918 bits per heavy atom. The summed E-state index contributed by atoms with van der Waals surface area (Å²) in [7, 11) is -9.93. The van der Waals surface area contributed by atoms with Crippen LogP contribution < -0.4 is 0 Å². The summed E-state index contributed by atoms with van der Waals surface area (Å²) in [5, 5.41) is 10.6. The zero-order valence-corrected chi connectivity index (χ0v) is 64.8. The topological polar surface area (TPSA) is 237 Å². The lowest BCUT2D eigenvalue weighted by Gasteiger charge is -2.21. The van der Waals surface area contributed by atoms with Crippen LogP contribution in [-0.4, -0.2) is 96.7 Å². The molecule has 0 aliphatic carbocycles. The molecule has 0 radical (unpaired) electrons. The summed E-state index contributed by atoms with van der Waals surface area (Å²) < 4.78 is 68.5. The molecule has 0 aromatic rings. The molecular weight excluding hydrogens is 1270 g/mol. The first kappa shape index (κ1) is 94.5. The van der Waals surface area contributed by atoms with Gasteiger partial charge in [-0.3, -0.25) is 37.3 Å². The minimum absolute atomic E-state index is 0.101. The number of aliphatic hydroxyl groups is 1. The van der Waals surface area contributed by atoms with Gasteiger partial charge in [0.1, 0.15) is 19.3 Å². The van der Waals surface area contributed by atoms with E-state index in [9.17, 15) is 43.2 Å². The molecule has 0 spiro atoms. The Kier molecular flexibility index (Phi) is 66.3. The molecule has 0 saturated heterocycles. The third kappa shape index (κ3) is 70.4. The van der Waals surface area contributed by atoms with Crippen LogP contribution in [0.4, 0.5) is 0 Å². The van der Waals surface area contributed by atoms with E-state index in [0.29, 0.717) is 31.6 Å². The number of hydrogen-bond acceptors (Lipinski definition) is 15. The van der Waals surface area contributed by atoms with E-state index in [1.807, 2.05) is 0 Å². The van der Waals surface area contributed by atoms with Gasteiger partial charge in [0.25, 0.3) is 0 Å². The smallest absolute Gasteiger partial charge is 0.462 e. The van der Waals surface area contributed by atoms with E-state index in [1.54, 1.807) is 0 Å². The quantitative estimate of drug-likeness (QED) is 0.0169. The van der Waals surface area contributed by atoms with Crippen LogP contribution in [0.25, 0.3) is 0 Å². The van der Waals surface area contributed by atoms with Crippen molar-refractivity contribution >= 4 is 39.5 Å². The first-order valence-electron chi connectivity index (χ1n) is 39.7. The summed E-state index contributed by atoms with van der Waals surface area (Å²) in [6, 6.07) is 0. The van der Waals surface area contributed by atoms with Crippen LogP contribution in [0.5, 0.6) is 0 Å². The monoisotopic (exact) mass is 1420 g/mol. The molecule has 0 saturated carbocycles. The van der Waals surface area contributed by atoms with E-state index in [-0.39, 0.29) is 25.7 Å². The van der Waals surface area contributed by atoms with E-state index in [1.165, 1.54) is 161 Å². The number of hydrogen-bond donors (Lipinski definition) is 3. The van der Waals surface area contributed by atoms with Crippen LogP contribution in [0.15, 0.2) is 24.3 Å². The van der Waals surface area contributed by atoms with Crippen LogP contribution in [0.3, 0.4) is 0 Å². The van der Waals surface area contributed by atoms with Crippen molar-refractivity contribution in [1.29, 1.82) is 0 Å². The minimum atomic E-state index is -4.97. The lowest BCUT2D eigenvalue weighted by molar-refractivity contribution is -0.161. The number of aliphatic hydroxyl groups excluding tert-OH is 1. The molecule has 0 fully saturated rings. The van der Waals surface area contributed by atoms with Crippen molar-refractivity contribution in [3.63, 3.8) is 0 Å². The molecule has 17 nitrogen and oxygen atoms in total. The molecule has 0 aromatic carbocycles. The van der Waals surface area contributed by atoms with Gasteiger partial charge in [-0.1, -0.05) is 323 Å². The highest BCUT2D eigenvalue weighted by Gasteiger charge is 2.30. The summed E-state index contributed by atoms with van der Waals surface area (Å²) in [5.41, 5.74) is 0. The molecule has 0 amide bonds. The Morgan fingerprint density at radius 1 is 0.340 bits per heavy atom. The maximum Gasteiger partial charge on any atom is 0.472 e. The van der Waals surface area contributed by atoms with E-state index >= 15 is 0 Å². The van der Waals surface area contributed by atoms with Crippen molar-refractivity contribution in [3.8, 4) is 0 Å². The van der Waals surface area contributed by atoms with Crippen molar-refractivity contribution in [2.75, 3.05) is 39.6 Å². The number of ether oxygens (including phenoxy) is 4. The zero-order chi connectivity index (χ0) is 71.6. The predicted octanol–water partition coefficient (Wildman–Crippen LogP) is 22.5. The Morgan fingerprint density at radius 2 is 0.608 bits per heavy atom. The number of carbonyl (C=O) groups excluding carboxylic acids is 4.